The summed E-state index contributed by atoms with van der Waals surface area (Å²) < 4.78 is 18.2. The number of rotatable bonds is 7. The van der Waals surface area contributed by atoms with E-state index in [2.05, 4.69) is 0 Å². The first-order valence-electron chi connectivity index (χ1n) is 13.0. The normalized spacial score (nSPS) is 14.4. The number of fused-ring (bicyclic) bond motifs is 2. The number of hydrogen-bond acceptors (Lipinski definition) is 5. The molecule has 6 nitrogen and oxygen atoms in total. The number of ether oxygens (including phenoxy) is 2. The number of nitrogens with zero attached hydrogens (tertiary/aromatic N) is 1. The Morgan fingerprint density at radius 2 is 1.70 bits per heavy atom. The SMILES string of the molecule is CCOc1cc(C2c3c(oc4ccc(C)cc4c3=O)C(=O)N2c2cccc(Cl)c2)ccc1OCc1ccccc1. The molecule has 0 fully saturated rings. The molecule has 0 N–H and O–H groups in total. The second kappa shape index (κ2) is 10.5. The van der Waals surface area contributed by atoms with Gasteiger partial charge in [0.2, 0.25) is 5.76 Å². The highest BCUT2D eigenvalue weighted by Crippen LogP contribution is 2.44. The van der Waals surface area contributed by atoms with Crippen LogP contribution in [0.1, 0.15) is 45.8 Å². The smallest absolute Gasteiger partial charge is 0.295 e. The molecule has 2 heterocycles. The van der Waals surface area contributed by atoms with Crippen LogP contribution in [0.25, 0.3) is 11.0 Å². The van der Waals surface area contributed by atoms with Gasteiger partial charge < -0.3 is 13.9 Å². The third kappa shape index (κ3) is 4.61. The van der Waals surface area contributed by atoms with Gasteiger partial charge in [0, 0.05) is 10.7 Å². The van der Waals surface area contributed by atoms with Crippen molar-refractivity contribution in [2.75, 3.05) is 11.5 Å². The lowest BCUT2D eigenvalue weighted by Crippen LogP contribution is -2.29. The van der Waals surface area contributed by atoms with Crippen LogP contribution in [0.4, 0.5) is 5.69 Å². The van der Waals surface area contributed by atoms with Crippen molar-refractivity contribution in [2.45, 2.75) is 26.5 Å². The summed E-state index contributed by atoms with van der Waals surface area (Å²) in [4.78, 5) is 29.4. The molecule has 1 atom stereocenters. The summed E-state index contributed by atoms with van der Waals surface area (Å²) in [6, 6.07) is 27.0. The molecular formula is C33H26ClNO5. The molecule has 1 aromatic heterocycles. The second-order valence-corrected chi connectivity index (χ2v) is 10.1. The number of benzene rings is 4. The monoisotopic (exact) mass is 551 g/mol. The molecule has 4 aromatic carbocycles. The van der Waals surface area contributed by atoms with Crippen molar-refractivity contribution < 1.29 is 18.7 Å². The van der Waals surface area contributed by atoms with Crippen molar-refractivity contribution >= 4 is 34.2 Å². The van der Waals surface area contributed by atoms with E-state index < -0.39 is 11.9 Å². The number of carbonyl (C=O) groups is 1. The zero-order chi connectivity index (χ0) is 27.8. The Bertz CT molecular complexity index is 1800. The number of anilines is 1. The third-order valence-corrected chi connectivity index (χ3v) is 7.17. The second-order valence-electron chi connectivity index (χ2n) is 9.64. The molecule has 1 aliphatic rings. The molecule has 1 aliphatic heterocycles. The van der Waals surface area contributed by atoms with Gasteiger partial charge in [-0.1, -0.05) is 65.7 Å². The van der Waals surface area contributed by atoms with Crippen molar-refractivity contribution in [2.24, 2.45) is 0 Å². The Hall–Kier alpha value is -4.55. The van der Waals surface area contributed by atoms with E-state index in [0.29, 0.717) is 52.0 Å². The molecular weight excluding hydrogens is 526 g/mol. The van der Waals surface area contributed by atoms with Crippen LogP contribution in [0.15, 0.2) is 100 Å². The Labute approximate surface area is 236 Å². The molecule has 40 heavy (non-hydrogen) atoms. The molecule has 7 heteroatoms. The minimum atomic E-state index is -0.760. The summed E-state index contributed by atoms with van der Waals surface area (Å²) in [5, 5.41) is 0.900. The minimum absolute atomic E-state index is 0.0219. The highest BCUT2D eigenvalue weighted by atomic mass is 35.5. The van der Waals surface area contributed by atoms with Gasteiger partial charge in [0.1, 0.15) is 12.2 Å². The average Bonchev–Trinajstić information content (AvgIpc) is 3.25. The van der Waals surface area contributed by atoms with Crippen LogP contribution in [0.3, 0.4) is 0 Å². The van der Waals surface area contributed by atoms with Gasteiger partial charge >= 0.3 is 0 Å². The minimum Gasteiger partial charge on any atom is -0.490 e. The van der Waals surface area contributed by atoms with Gasteiger partial charge in [0.05, 0.1) is 23.6 Å². The van der Waals surface area contributed by atoms with E-state index in [1.807, 2.05) is 68.4 Å². The predicted octanol–water partition coefficient (Wildman–Crippen LogP) is 7.48. The van der Waals surface area contributed by atoms with Gasteiger partial charge in [-0.15, -0.1) is 0 Å². The summed E-state index contributed by atoms with van der Waals surface area (Å²) in [5.74, 6) is 0.691. The first-order valence-corrected chi connectivity index (χ1v) is 13.4. The Morgan fingerprint density at radius 1 is 0.875 bits per heavy atom. The fourth-order valence-corrected chi connectivity index (χ4v) is 5.30. The number of aryl methyl sites for hydroxylation is 1. The molecule has 0 aliphatic carbocycles. The van der Waals surface area contributed by atoms with Crippen LogP contribution in [-0.2, 0) is 6.61 Å². The van der Waals surface area contributed by atoms with Crippen molar-refractivity contribution in [3.8, 4) is 11.5 Å². The molecule has 0 spiro atoms. The fraction of sp³-hybridized carbons (Fsp3) is 0.152. The molecule has 1 unspecified atom stereocenters. The van der Waals surface area contributed by atoms with Gasteiger partial charge in [-0.05, 0) is 67.4 Å². The summed E-state index contributed by atoms with van der Waals surface area (Å²) in [6.45, 7) is 4.59. The fourth-order valence-electron chi connectivity index (χ4n) is 5.11. The van der Waals surface area contributed by atoms with E-state index in [9.17, 15) is 9.59 Å². The Kier molecular flexibility index (Phi) is 6.78. The zero-order valence-corrected chi connectivity index (χ0v) is 22.8. The van der Waals surface area contributed by atoms with Gasteiger partial charge in [-0.25, -0.2) is 0 Å². The van der Waals surface area contributed by atoms with Gasteiger partial charge in [-0.2, -0.15) is 0 Å². The van der Waals surface area contributed by atoms with Gasteiger partial charge in [0.25, 0.3) is 5.91 Å². The molecule has 1 amide bonds. The van der Waals surface area contributed by atoms with Crippen molar-refractivity contribution in [3.63, 3.8) is 0 Å². The van der Waals surface area contributed by atoms with Crippen LogP contribution >= 0.6 is 11.6 Å². The van der Waals surface area contributed by atoms with E-state index in [4.69, 9.17) is 25.5 Å². The maximum Gasteiger partial charge on any atom is 0.295 e. The van der Waals surface area contributed by atoms with Crippen LogP contribution < -0.4 is 19.8 Å². The van der Waals surface area contributed by atoms with Gasteiger partial charge in [-0.3, -0.25) is 14.5 Å². The molecule has 0 radical (unpaired) electrons. The lowest BCUT2D eigenvalue weighted by molar-refractivity contribution is 0.0971. The summed E-state index contributed by atoms with van der Waals surface area (Å²) >= 11 is 6.32. The molecule has 0 saturated carbocycles. The van der Waals surface area contributed by atoms with Gasteiger partial charge in [0.15, 0.2) is 16.9 Å². The number of hydrogen-bond donors (Lipinski definition) is 0. The maximum absolute atomic E-state index is 14.0. The maximum atomic E-state index is 14.0. The average molecular weight is 552 g/mol. The van der Waals surface area contributed by atoms with E-state index >= 15 is 0 Å². The molecule has 6 rings (SSSR count). The molecule has 0 bridgehead atoms. The predicted molar refractivity (Wildman–Crippen MR) is 156 cm³/mol. The lowest BCUT2D eigenvalue weighted by Gasteiger charge is -2.26. The van der Waals surface area contributed by atoms with Crippen molar-refractivity contribution in [1.82, 2.24) is 0 Å². The highest BCUT2D eigenvalue weighted by Gasteiger charge is 2.44. The van der Waals surface area contributed by atoms with E-state index in [0.717, 1.165) is 11.1 Å². The topological polar surface area (TPSA) is 69.0 Å². The van der Waals surface area contributed by atoms with Crippen LogP contribution in [0.2, 0.25) is 5.02 Å². The third-order valence-electron chi connectivity index (χ3n) is 6.93. The van der Waals surface area contributed by atoms with Crippen LogP contribution in [0, 0.1) is 6.92 Å². The first kappa shape index (κ1) is 25.7. The summed E-state index contributed by atoms with van der Waals surface area (Å²) in [5.41, 5.74) is 3.59. The van der Waals surface area contributed by atoms with Crippen LogP contribution in [0.5, 0.6) is 11.5 Å². The van der Waals surface area contributed by atoms with E-state index in [1.165, 1.54) is 0 Å². The quantitative estimate of drug-likeness (QED) is 0.210. The number of amides is 1. The summed E-state index contributed by atoms with van der Waals surface area (Å²) in [7, 11) is 0. The number of carbonyl (C=O) groups excluding carboxylic acids is 1. The van der Waals surface area contributed by atoms with E-state index in [1.54, 1.807) is 41.3 Å². The standard InChI is InChI=1S/C33H26ClNO5/c1-3-38-28-17-22(13-15-27(28)39-19-21-8-5-4-6-9-21)30-29-31(36)25-16-20(2)12-14-26(25)40-32(29)33(37)35(30)24-11-7-10-23(34)18-24/h4-18,30H,3,19H2,1-2H3. The highest BCUT2D eigenvalue weighted by molar-refractivity contribution is 6.31. The van der Waals surface area contributed by atoms with E-state index in [-0.39, 0.29) is 16.8 Å². The molecule has 0 saturated heterocycles. The Morgan fingerprint density at radius 3 is 2.48 bits per heavy atom. The summed E-state index contributed by atoms with van der Waals surface area (Å²) in [6.07, 6.45) is 0. The first-order chi connectivity index (χ1) is 19.4. The number of halogens is 1. The van der Waals surface area contributed by atoms with Crippen LogP contribution in [-0.4, -0.2) is 12.5 Å². The van der Waals surface area contributed by atoms with Crippen molar-refractivity contribution in [1.29, 1.82) is 0 Å². The molecule has 200 valence electrons. The molecule has 5 aromatic rings. The Balaban J connectivity index is 1.51. The largest absolute Gasteiger partial charge is 0.490 e. The zero-order valence-electron chi connectivity index (χ0n) is 22.0. The lowest BCUT2D eigenvalue weighted by atomic mass is 9.97. The van der Waals surface area contributed by atoms with Crippen molar-refractivity contribution in [3.05, 3.63) is 134 Å².